The molecule has 1 unspecified atom stereocenters. The van der Waals surface area contributed by atoms with Crippen LogP contribution in [0, 0.1) is 6.92 Å². The van der Waals surface area contributed by atoms with Crippen molar-refractivity contribution in [2.24, 2.45) is 0 Å². The number of aryl methyl sites for hydroxylation is 1. The van der Waals surface area contributed by atoms with Crippen molar-refractivity contribution in [1.82, 2.24) is 4.31 Å². The van der Waals surface area contributed by atoms with Crippen LogP contribution in [-0.4, -0.2) is 25.2 Å². The number of rotatable bonds is 5. The van der Waals surface area contributed by atoms with E-state index in [1.54, 1.807) is 24.3 Å². The second-order valence-corrected chi connectivity index (χ2v) is 9.40. The molecule has 154 valence electrons. The van der Waals surface area contributed by atoms with Gasteiger partial charge in [0, 0.05) is 18.7 Å². The van der Waals surface area contributed by atoms with E-state index >= 15 is 0 Å². The summed E-state index contributed by atoms with van der Waals surface area (Å²) in [6.45, 7) is 2.26. The maximum atomic E-state index is 13.5. The molecule has 1 aliphatic heterocycles. The molecule has 0 fully saturated rings. The van der Waals surface area contributed by atoms with E-state index in [1.165, 1.54) is 4.31 Å². The second-order valence-electron chi connectivity index (χ2n) is 7.51. The highest BCUT2D eigenvalue weighted by Gasteiger charge is 2.37. The Morgan fingerprint density at radius 2 is 1.63 bits per heavy atom. The maximum absolute atomic E-state index is 13.5. The van der Waals surface area contributed by atoms with Gasteiger partial charge in [0.25, 0.3) is 0 Å². The summed E-state index contributed by atoms with van der Waals surface area (Å²) in [5, 5.41) is 2.88. The molecule has 6 heteroatoms. The van der Waals surface area contributed by atoms with Gasteiger partial charge in [0.2, 0.25) is 15.9 Å². The van der Waals surface area contributed by atoms with Gasteiger partial charge in [-0.3, -0.25) is 4.79 Å². The molecule has 3 aromatic carbocycles. The molecule has 0 spiro atoms. The van der Waals surface area contributed by atoms with E-state index < -0.39 is 16.1 Å². The van der Waals surface area contributed by atoms with Crippen molar-refractivity contribution in [2.45, 2.75) is 30.7 Å². The number of fused-ring (bicyclic) bond motifs is 1. The summed E-state index contributed by atoms with van der Waals surface area (Å²) >= 11 is 0. The minimum Gasteiger partial charge on any atom is -0.326 e. The van der Waals surface area contributed by atoms with E-state index in [1.807, 2.05) is 61.5 Å². The number of carbonyl (C=O) groups excluding carboxylic acids is 1. The smallest absolute Gasteiger partial charge is 0.243 e. The lowest BCUT2D eigenvalue weighted by Crippen LogP contribution is -2.41. The number of anilines is 1. The molecule has 1 heterocycles. The van der Waals surface area contributed by atoms with Gasteiger partial charge in [-0.25, -0.2) is 8.42 Å². The monoisotopic (exact) mass is 420 g/mol. The molecular weight excluding hydrogens is 396 g/mol. The number of amides is 1. The fourth-order valence-corrected chi connectivity index (χ4v) is 5.49. The van der Waals surface area contributed by atoms with Gasteiger partial charge < -0.3 is 5.32 Å². The average Bonchev–Trinajstić information content (AvgIpc) is 2.75. The zero-order chi connectivity index (χ0) is 21.1. The summed E-state index contributed by atoms with van der Waals surface area (Å²) in [4.78, 5) is 13.1. The Bertz CT molecular complexity index is 1140. The Kier molecular flexibility index (Phi) is 5.70. The van der Waals surface area contributed by atoms with Crippen LogP contribution in [0.15, 0.2) is 83.8 Å². The first kappa shape index (κ1) is 20.3. The lowest BCUT2D eigenvalue weighted by molar-refractivity contribution is -0.117. The highest BCUT2D eigenvalue weighted by Crippen LogP contribution is 2.36. The molecule has 1 aliphatic rings. The highest BCUT2D eigenvalue weighted by molar-refractivity contribution is 7.89. The zero-order valence-corrected chi connectivity index (χ0v) is 17.6. The number of benzene rings is 3. The summed E-state index contributed by atoms with van der Waals surface area (Å²) in [6, 6.07) is 23.3. The first-order valence-electron chi connectivity index (χ1n) is 9.96. The van der Waals surface area contributed by atoms with Crippen LogP contribution in [0.2, 0.25) is 0 Å². The third-order valence-corrected chi connectivity index (χ3v) is 7.35. The number of hydrogen-bond acceptors (Lipinski definition) is 3. The van der Waals surface area contributed by atoms with Gasteiger partial charge in [0.1, 0.15) is 0 Å². The molecule has 1 atom stereocenters. The molecule has 0 saturated heterocycles. The normalized spacial score (nSPS) is 16.6. The summed E-state index contributed by atoms with van der Waals surface area (Å²) in [5.41, 5.74) is 3.67. The fraction of sp³-hybridized carbons (Fsp3) is 0.208. The first-order chi connectivity index (χ1) is 14.4. The minimum atomic E-state index is -3.74. The van der Waals surface area contributed by atoms with Gasteiger partial charge in [0.15, 0.2) is 0 Å². The predicted molar refractivity (Wildman–Crippen MR) is 118 cm³/mol. The van der Waals surface area contributed by atoms with Crippen LogP contribution in [0.3, 0.4) is 0 Å². The van der Waals surface area contributed by atoms with Crippen LogP contribution >= 0.6 is 0 Å². The van der Waals surface area contributed by atoms with Crippen LogP contribution in [0.4, 0.5) is 5.69 Å². The quantitative estimate of drug-likeness (QED) is 0.669. The van der Waals surface area contributed by atoms with Crippen molar-refractivity contribution >= 4 is 21.6 Å². The van der Waals surface area contributed by atoms with Gasteiger partial charge >= 0.3 is 0 Å². The molecule has 0 aliphatic carbocycles. The standard InChI is InChI=1S/C24H24N2O3S/c1-18-11-13-21(14-12-18)30(28,29)26-16-15-19-7-5-6-10-22(19)23(26)17-24(27)25-20-8-3-2-4-9-20/h2-14,23H,15-17H2,1H3,(H,25,27). The third-order valence-electron chi connectivity index (χ3n) is 5.43. The molecule has 4 rings (SSSR count). The van der Waals surface area contributed by atoms with E-state index in [4.69, 9.17) is 0 Å². The molecule has 1 N–H and O–H groups in total. The van der Waals surface area contributed by atoms with Crippen molar-refractivity contribution in [2.75, 3.05) is 11.9 Å². The van der Waals surface area contributed by atoms with Crippen molar-refractivity contribution in [3.05, 3.63) is 95.6 Å². The number of nitrogens with zero attached hydrogens (tertiary/aromatic N) is 1. The van der Waals surface area contributed by atoms with Gasteiger partial charge in [-0.15, -0.1) is 0 Å². The van der Waals surface area contributed by atoms with Gasteiger partial charge in [-0.05, 0) is 48.7 Å². The van der Waals surface area contributed by atoms with Gasteiger partial charge in [-0.1, -0.05) is 60.2 Å². The summed E-state index contributed by atoms with van der Waals surface area (Å²) in [7, 11) is -3.74. The number of carbonyl (C=O) groups is 1. The first-order valence-corrected chi connectivity index (χ1v) is 11.4. The lowest BCUT2D eigenvalue weighted by atomic mass is 9.92. The number of para-hydroxylation sites is 1. The number of sulfonamides is 1. The Hall–Kier alpha value is -2.96. The number of nitrogens with one attached hydrogen (secondary N) is 1. The second kappa shape index (κ2) is 8.42. The Morgan fingerprint density at radius 1 is 0.967 bits per heavy atom. The largest absolute Gasteiger partial charge is 0.326 e. The highest BCUT2D eigenvalue weighted by atomic mass is 32.2. The van der Waals surface area contributed by atoms with E-state index in [-0.39, 0.29) is 17.2 Å². The van der Waals surface area contributed by atoms with Crippen molar-refractivity contribution in [3.8, 4) is 0 Å². The molecule has 5 nitrogen and oxygen atoms in total. The molecule has 30 heavy (non-hydrogen) atoms. The third kappa shape index (κ3) is 4.15. The molecule has 0 bridgehead atoms. The lowest BCUT2D eigenvalue weighted by Gasteiger charge is -2.36. The van der Waals surface area contributed by atoms with E-state index in [0.29, 0.717) is 18.7 Å². The van der Waals surface area contributed by atoms with Crippen LogP contribution in [-0.2, 0) is 21.2 Å². The molecule has 3 aromatic rings. The molecule has 1 amide bonds. The summed E-state index contributed by atoms with van der Waals surface area (Å²) in [6.07, 6.45) is 0.676. The SMILES string of the molecule is Cc1ccc(S(=O)(=O)N2CCc3ccccc3C2CC(=O)Nc2ccccc2)cc1. The van der Waals surface area contributed by atoms with Crippen molar-refractivity contribution in [3.63, 3.8) is 0 Å². The molecule has 0 saturated carbocycles. The molecule has 0 radical (unpaired) electrons. The number of hydrogen-bond donors (Lipinski definition) is 1. The maximum Gasteiger partial charge on any atom is 0.243 e. The Labute approximate surface area is 177 Å². The van der Waals surface area contributed by atoms with Crippen LogP contribution < -0.4 is 5.32 Å². The molecular formula is C24H24N2O3S. The van der Waals surface area contributed by atoms with Crippen LogP contribution in [0.1, 0.15) is 29.2 Å². The predicted octanol–water partition coefficient (Wildman–Crippen LogP) is 4.31. The van der Waals surface area contributed by atoms with Gasteiger partial charge in [0.05, 0.1) is 10.9 Å². The Balaban J connectivity index is 1.67. The summed E-state index contributed by atoms with van der Waals surface area (Å²) in [5.74, 6) is -0.216. The zero-order valence-electron chi connectivity index (χ0n) is 16.8. The van der Waals surface area contributed by atoms with E-state index in [0.717, 1.165) is 16.7 Å². The van der Waals surface area contributed by atoms with Crippen LogP contribution in [0.5, 0.6) is 0 Å². The summed E-state index contributed by atoms with van der Waals surface area (Å²) < 4.78 is 28.4. The minimum absolute atomic E-state index is 0.0526. The van der Waals surface area contributed by atoms with Gasteiger partial charge in [-0.2, -0.15) is 4.31 Å². The van der Waals surface area contributed by atoms with Crippen molar-refractivity contribution in [1.29, 1.82) is 0 Å². The van der Waals surface area contributed by atoms with Crippen molar-refractivity contribution < 1.29 is 13.2 Å². The van der Waals surface area contributed by atoms with E-state index in [9.17, 15) is 13.2 Å². The average molecular weight is 421 g/mol. The topological polar surface area (TPSA) is 66.5 Å². The van der Waals surface area contributed by atoms with Crippen LogP contribution in [0.25, 0.3) is 0 Å². The fourth-order valence-electron chi connectivity index (χ4n) is 3.88. The molecule has 0 aromatic heterocycles. The Morgan fingerprint density at radius 3 is 2.37 bits per heavy atom. The van der Waals surface area contributed by atoms with E-state index in [2.05, 4.69) is 5.32 Å².